The van der Waals surface area contributed by atoms with Gasteiger partial charge in [-0.3, -0.25) is 9.69 Å². The fourth-order valence-electron chi connectivity index (χ4n) is 3.73. The molecule has 4 atom stereocenters. The van der Waals surface area contributed by atoms with E-state index in [1.54, 1.807) is 6.92 Å². The van der Waals surface area contributed by atoms with Crippen LogP contribution in [0.2, 0.25) is 0 Å². The molecule has 21 heavy (non-hydrogen) atoms. The summed E-state index contributed by atoms with van der Waals surface area (Å²) in [6, 6.07) is -0.230. The van der Waals surface area contributed by atoms with Gasteiger partial charge in [0.25, 0.3) is 0 Å². The van der Waals surface area contributed by atoms with Crippen molar-refractivity contribution in [1.82, 2.24) is 9.80 Å². The van der Waals surface area contributed by atoms with Crippen molar-refractivity contribution in [1.29, 1.82) is 0 Å². The van der Waals surface area contributed by atoms with Crippen LogP contribution in [0, 0.1) is 5.92 Å². The molecular weight excluding hydrogens is 276 g/mol. The summed E-state index contributed by atoms with van der Waals surface area (Å²) in [5.74, 6) is -1.89. The van der Waals surface area contributed by atoms with E-state index in [9.17, 15) is 24.9 Å². The van der Waals surface area contributed by atoms with E-state index in [1.807, 2.05) is 4.90 Å². The van der Waals surface area contributed by atoms with Crippen LogP contribution in [0.4, 0.5) is 0 Å². The molecule has 3 aliphatic rings. The zero-order chi connectivity index (χ0) is 15.3. The van der Waals surface area contributed by atoms with Crippen molar-refractivity contribution in [3.63, 3.8) is 0 Å². The molecule has 2 saturated heterocycles. The van der Waals surface area contributed by atoms with Crippen molar-refractivity contribution in [2.75, 3.05) is 19.6 Å². The van der Waals surface area contributed by atoms with Gasteiger partial charge in [0.2, 0.25) is 5.91 Å². The minimum atomic E-state index is -1.09. The van der Waals surface area contributed by atoms with E-state index in [2.05, 4.69) is 0 Å². The minimum Gasteiger partial charge on any atom is -0.477 e. The predicted molar refractivity (Wildman–Crippen MR) is 72.1 cm³/mol. The number of carbonyl (C=O) groups is 2. The third-order valence-electron chi connectivity index (χ3n) is 4.68. The van der Waals surface area contributed by atoms with Crippen molar-refractivity contribution in [2.24, 2.45) is 5.92 Å². The van der Waals surface area contributed by atoms with E-state index >= 15 is 0 Å². The van der Waals surface area contributed by atoms with E-state index < -0.39 is 18.0 Å². The van der Waals surface area contributed by atoms with Crippen molar-refractivity contribution in [3.05, 3.63) is 11.3 Å². The quantitative estimate of drug-likeness (QED) is 0.575. The third-order valence-corrected chi connectivity index (χ3v) is 4.68. The molecule has 4 unspecified atom stereocenters. The van der Waals surface area contributed by atoms with Gasteiger partial charge in [-0.25, -0.2) is 4.79 Å². The van der Waals surface area contributed by atoms with E-state index in [4.69, 9.17) is 0 Å². The number of β-amino-alcohol motifs (C(OH)–C–C–N with tert-alkyl or cyclic N) is 1. The molecule has 3 N–H and O–H groups in total. The van der Waals surface area contributed by atoms with Crippen LogP contribution < -0.4 is 0 Å². The highest BCUT2D eigenvalue weighted by atomic mass is 16.4. The second kappa shape index (κ2) is 5.08. The number of aliphatic carboxylic acids is 1. The molecule has 3 rings (SSSR count). The van der Waals surface area contributed by atoms with Gasteiger partial charge in [0.15, 0.2) is 0 Å². The Hall–Kier alpha value is -1.44. The lowest BCUT2D eigenvalue weighted by molar-refractivity contribution is -0.161. The largest absolute Gasteiger partial charge is 0.477 e. The highest BCUT2D eigenvalue weighted by molar-refractivity contribution is 5.99. The van der Waals surface area contributed by atoms with Gasteiger partial charge in [-0.1, -0.05) is 0 Å². The summed E-state index contributed by atoms with van der Waals surface area (Å²) in [6.07, 6.45) is 0.0686. The maximum Gasteiger partial charge on any atom is 0.352 e. The Morgan fingerprint density at radius 2 is 2.19 bits per heavy atom. The Bertz CT molecular complexity index is 515. The average molecular weight is 296 g/mol. The third kappa shape index (κ3) is 2.25. The number of amides is 1. The molecule has 7 nitrogen and oxygen atoms in total. The van der Waals surface area contributed by atoms with E-state index in [0.29, 0.717) is 25.9 Å². The molecule has 0 radical (unpaired) electrons. The van der Waals surface area contributed by atoms with E-state index in [1.165, 1.54) is 4.90 Å². The molecule has 0 aromatic heterocycles. The highest BCUT2D eigenvalue weighted by Crippen LogP contribution is 2.43. The smallest absolute Gasteiger partial charge is 0.352 e. The Balaban J connectivity index is 1.79. The summed E-state index contributed by atoms with van der Waals surface area (Å²) in [5, 5.41) is 28.6. The number of β-lactam (4-membered cyclic amide) rings is 1. The summed E-state index contributed by atoms with van der Waals surface area (Å²) < 4.78 is 0. The zero-order valence-corrected chi connectivity index (χ0v) is 11.9. The highest BCUT2D eigenvalue weighted by Gasteiger charge is 2.56. The number of likely N-dealkylation sites (tertiary alicyclic amines) is 1. The van der Waals surface area contributed by atoms with Crippen molar-refractivity contribution in [3.8, 4) is 0 Å². The lowest BCUT2D eigenvalue weighted by Gasteiger charge is -2.44. The second-order valence-corrected chi connectivity index (χ2v) is 6.18. The molecule has 7 heteroatoms. The van der Waals surface area contributed by atoms with Crippen LogP contribution in [0.15, 0.2) is 11.3 Å². The summed E-state index contributed by atoms with van der Waals surface area (Å²) in [4.78, 5) is 26.9. The number of hydrogen-bond donors (Lipinski definition) is 3. The maximum atomic E-state index is 12.0. The molecule has 3 heterocycles. The summed E-state index contributed by atoms with van der Waals surface area (Å²) in [6.45, 7) is 3.30. The molecule has 0 saturated carbocycles. The van der Waals surface area contributed by atoms with Crippen LogP contribution in [0.5, 0.6) is 0 Å². The molecule has 0 aromatic carbocycles. The summed E-state index contributed by atoms with van der Waals surface area (Å²) >= 11 is 0. The van der Waals surface area contributed by atoms with Gasteiger partial charge in [-0.15, -0.1) is 0 Å². The fraction of sp³-hybridized carbons (Fsp3) is 0.714. The normalized spacial score (nSPS) is 34.1. The zero-order valence-electron chi connectivity index (χ0n) is 11.9. The number of rotatable bonds is 4. The maximum absolute atomic E-state index is 12.0. The Kier molecular flexibility index (Phi) is 3.51. The minimum absolute atomic E-state index is 0.0725. The number of carbonyl (C=O) groups excluding carboxylic acids is 1. The van der Waals surface area contributed by atoms with Crippen LogP contribution >= 0.6 is 0 Å². The second-order valence-electron chi connectivity index (χ2n) is 6.18. The first-order valence-corrected chi connectivity index (χ1v) is 7.27. The van der Waals surface area contributed by atoms with Crippen LogP contribution in [0.1, 0.15) is 19.8 Å². The average Bonchev–Trinajstić information content (AvgIpc) is 2.91. The van der Waals surface area contributed by atoms with Gasteiger partial charge in [0, 0.05) is 19.6 Å². The lowest BCUT2D eigenvalue weighted by atomic mass is 9.83. The summed E-state index contributed by atoms with van der Waals surface area (Å²) in [5.41, 5.74) is 0.793. The number of carboxylic acid groups (broad SMARTS) is 1. The molecule has 0 bridgehead atoms. The topological polar surface area (TPSA) is 101 Å². The molecule has 1 amide bonds. The van der Waals surface area contributed by atoms with E-state index in [-0.39, 0.29) is 23.8 Å². The number of aliphatic hydroxyl groups is 2. The van der Waals surface area contributed by atoms with Crippen LogP contribution in [-0.4, -0.2) is 74.9 Å². The van der Waals surface area contributed by atoms with Crippen molar-refractivity contribution < 1.29 is 24.9 Å². The van der Waals surface area contributed by atoms with Gasteiger partial charge in [0.05, 0.1) is 24.2 Å². The Morgan fingerprint density at radius 3 is 2.71 bits per heavy atom. The molecular formula is C14H20N2O5. The van der Waals surface area contributed by atoms with Gasteiger partial charge in [-0.2, -0.15) is 0 Å². The van der Waals surface area contributed by atoms with Crippen molar-refractivity contribution in [2.45, 2.75) is 38.0 Å². The van der Waals surface area contributed by atoms with Crippen LogP contribution in [0.3, 0.4) is 0 Å². The molecule has 0 aromatic rings. The molecule has 0 spiro atoms. The SMILES string of the molecule is CC(O)C1C(=O)N2C(C(=O)O)=C(CN3CCC(O)C3)CC12. The lowest BCUT2D eigenvalue weighted by Crippen LogP contribution is -2.61. The Labute approximate surface area is 122 Å². The first-order chi connectivity index (χ1) is 9.90. The molecule has 3 aliphatic heterocycles. The van der Waals surface area contributed by atoms with Gasteiger partial charge < -0.3 is 20.2 Å². The van der Waals surface area contributed by atoms with Crippen molar-refractivity contribution >= 4 is 11.9 Å². The Morgan fingerprint density at radius 1 is 1.48 bits per heavy atom. The molecule has 0 aliphatic carbocycles. The van der Waals surface area contributed by atoms with E-state index in [0.717, 1.165) is 12.1 Å². The number of nitrogens with zero attached hydrogens (tertiary/aromatic N) is 2. The molecule has 2 fully saturated rings. The number of aliphatic hydroxyl groups excluding tert-OH is 2. The monoisotopic (exact) mass is 296 g/mol. The van der Waals surface area contributed by atoms with Gasteiger partial charge in [-0.05, 0) is 25.3 Å². The first-order valence-electron chi connectivity index (χ1n) is 7.27. The summed E-state index contributed by atoms with van der Waals surface area (Å²) in [7, 11) is 0. The number of fused-ring (bicyclic) bond motifs is 1. The van der Waals surface area contributed by atoms with Gasteiger partial charge in [0.1, 0.15) is 5.70 Å². The van der Waals surface area contributed by atoms with Gasteiger partial charge >= 0.3 is 5.97 Å². The van der Waals surface area contributed by atoms with Crippen LogP contribution in [-0.2, 0) is 9.59 Å². The number of hydrogen-bond acceptors (Lipinski definition) is 5. The first kappa shape index (κ1) is 14.5. The van der Waals surface area contributed by atoms with Crippen LogP contribution in [0.25, 0.3) is 0 Å². The predicted octanol–water partition coefficient (Wildman–Crippen LogP) is -0.997. The fourth-order valence-corrected chi connectivity index (χ4v) is 3.73. The standard InChI is InChI=1S/C14H20N2O5/c1-7(17)11-10-4-8(5-15-3-2-9(18)6-15)12(14(20)21)16(10)13(11)19/h7,9-11,17-18H,2-6H2,1H3,(H,20,21). The molecule has 116 valence electrons. The number of carboxylic acids is 1.